The van der Waals surface area contributed by atoms with Crippen molar-refractivity contribution in [2.75, 3.05) is 0 Å². The summed E-state index contributed by atoms with van der Waals surface area (Å²) in [6.45, 7) is 13.6. The fourth-order valence-electron chi connectivity index (χ4n) is 3.84. The summed E-state index contributed by atoms with van der Waals surface area (Å²) in [6, 6.07) is 7.67. The maximum absolute atomic E-state index is 13.2. The van der Waals surface area contributed by atoms with E-state index in [-0.39, 0.29) is 23.5 Å². The van der Waals surface area contributed by atoms with Gasteiger partial charge in [-0.25, -0.2) is 9.67 Å². The van der Waals surface area contributed by atoms with Gasteiger partial charge in [-0.1, -0.05) is 26.0 Å². The Labute approximate surface area is 166 Å². The number of benzene rings is 1. The molecule has 2 aliphatic heterocycles. The Morgan fingerprint density at radius 1 is 1.25 bits per heavy atom. The zero-order valence-electron chi connectivity index (χ0n) is 17.5. The van der Waals surface area contributed by atoms with Crippen molar-refractivity contribution < 1.29 is 9.53 Å². The summed E-state index contributed by atoms with van der Waals surface area (Å²) < 4.78 is 7.87. The molecule has 0 aliphatic carbocycles. The van der Waals surface area contributed by atoms with E-state index < -0.39 is 0 Å². The summed E-state index contributed by atoms with van der Waals surface area (Å²) in [5.74, 6) is 1.50. The second kappa shape index (κ2) is 6.47. The summed E-state index contributed by atoms with van der Waals surface area (Å²) >= 11 is 0. The Morgan fingerprint density at radius 3 is 2.68 bits per heavy atom. The third-order valence-corrected chi connectivity index (χ3v) is 6.14. The van der Waals surface area contributed by atoms with E-state index in [4.69, 9.17) is 14.8 Å². The largest absolute Gasteiger partial charge is 0.490 e. The van der Waals surface area contributed by atoms with Gasteiger partial charge in [-0.05, 0) is 39.8 Å². The predicted molar refractivity (Wildman–Crippen MR) is 109 cm³/mol. The molecule has 0 spiro atoms. The number of nitrogens with zero attached hydrogens (tertiary/aromatic N) is 4. The summed E-state index contributed by atoms with van der Waals surface area (Å²) in [6.07, 6.45) is 0.0131. The first-order valence-electron chi connectivity index (χ1n) is 9.91. The summed E-state index contributed by atoms with van der Waals surface area (Å²) in [5.41, 5.74) is 3.69. The standard InChI is InChI=1S/C22H28N4O2/c1-13(2)28-19-10-8-7-9-16(19)21(27)25-11-17-18(12-25)24-26-15(4)22(5,6)14(3)23-20(17)26/h7-10,13,15H,11-12H2,1-6H3. The van der Waals surface area contributed by atoms with Crippen LogP contribution in [-0.2, 0) is 13.1 Å². The molecule has 1 atom stereocenters. The number of hydrogen-bond acceptors (Lipinski definition) is 4. The molecule has 0 bridgehead atoms. The van der Waals surface area contributed by atoms with Gasteiger partial charge >= 0.3 is 0 Å². The SMILES string of the molecule is CC1=Nc2c3c(nn2C(C)C1(C)C)CN(C(=O)c1ccccc1OC(C)C)C3. The zero-order chi connectivity index (χ0) is 20.2. The van der Waals surface area contributed by atoms with Crippen molar-refractivity contribution in [3.8, 4) is 5.75 Å². The molecule has 0 fully saturated rings. The molecule has 1 unspecified atom stereocenters. The summed E-state index contributed by atoms with van der Waals surface area (Å²) in [4.78, 5) is 19.9. The first kappa shape index (κ1) is 18.7. The molecule has 1 amide bonds. The lowest BCUT2D eigenvalue weighted by Gasteiger charge is -2.36. The van der Waals surface area contributed by atoms with Crippen molar-refractivity contribution in [2.24, 2.45) is 10.4 Å². The number of ether oxygens (including phenoxy) is 1. The third kappa shape index (κ3) is 2.82. The molecule has 28 heavy (non-hydrogen) atoms. The van der Waals surface area contributed by atoms with Crippen LogP contribution in [0.15, 0.2) is 29.3 Å². The molecule has 0 N–H and O–H groups in total. The Kier molecular flexibility index (Phi) is 4.32. The molecule has 1 aromatic heterocycles. The lowest BCUT2D eigenvalue weighted by Crippen LogP contribution is -2.35. The number of amides is 1. The number of fused-ring (bicyclic) bond motifs is 3. The number of rotatable bonds is 3. The van der Waals surface area contributed by atoms with E-state index in [1.807, 2.05) is 47.7 Å². The minimum atomic E-state index is -0.0324. The second-order valence-corrected chi connectivity index (χ2v) is 8.61. The van der Waals surface area contributed by atoms with Gasteiger partial charge in [0.1, 0.15) is 5.75 Å². The minimum Gasteiger partial charge on any atom is -0.490 e. The van der Waals surface area contributed by atoms with E-state index in [1.54, 1.807) is 0 Å². The van der Waals surface area contributed by atoms with Crippen molar-refractivity contribution in [1.82, 2.24) is 14.7 Å². The van der Waals surface area contributed by atoms with Crippen molar-refractivity contribution in [1.29, 1.82) is 0 Å². The van der Waals surface area contributed by atoms with Crippen LogP contribution in [0.4, 0.5) is 5.82 Å². The van der Waals surface area contributed by atoms with Gasteiger partial charge in [-0.3, -0.25) is 4.79 Å². The van der Waals surface area contributed by atoms with Crippen LogP contribution in [0.5, 0.6) is 5.75 Å². The van der Waals surface area contributed by atoms with Crippen molar-refractivity contribution in [3.63, 3.8) is 0 Å². The molecular weight excluding hydrogens is 352 g/mol. The molecular formula is C22H28N4O2. The van der Waals surface area contributed by atoms with Crippen LogP contribution in [0.2, 0.25) is 0 Å². The third-order valence-electron chi connectivity index (χ3n) is 6.14. The molecule has 1 aromatic carbocycles. The molecule has 4 rings (SSSR count). The average molecular weight is 380 g/mol. The van der Waals surface area contributed by atoms with E-state index in [2.05, 4.69) is 27.7 Å². The molecule has 0 saturated carbocycles. The zero-order valence-corrected chi connectivity index (χ0v) is 17.5. The van der Waals surface area contributed by atoms with Crippen LogP contribution in [0.1, 0.15) is 69.2 Å². The van der Waals surface area contributed by atoms with Crippen LogP contribution >= 0.6 is 0 Å². The number of carbonyl (C=O) groups excluding carboxylic acids is 1. The maximum atomic E-state index is 13.2. The van der Waals surface area contributed by atoms with E-state index in [9.17, 15) is 4.79 Å². The smallest absolute Gasteiger partial charge is 0.258 e. The predicted octanol–water partition coefficient (Wildman–Crippen LogP) is 4.52. The lowest BCUT2D eigenvalue weighted by molar-refractivity contribution is 0.0742. The van der Waals surface area contributed by atoms with Crippen molar-refractivity contribution in [3.05, 3.63) is 41.1 Å². The van der Waals surface area contributed by atoms with Gasteiger partial charge in [0, 0.05) is 16.7 Å². The lowest BCUT2D eigenvalue weighted by atomic mass is 9.80. The van der Waals surface area contributed by atoms with E-state index >= 15 is 0 Å². The van der Waals surface area contributed by atoms with Gasteiger partial charge < -0.3 is 9.64 Å². The normalized spacial score (nSPS) is 20.0. The molecule has 0 radical (unpaired) electrons. The topological polar surface area (TPSA) is 59.7 Å². The number of para-hydroxylation sites is 1. The summed E-state index contributed by atoms with van der Waals surface area (Å²) in [7, 11) is 0. The van der Waals surface area contributed by atoms with Crippen LogP contribution in [0, 0.1) is 5.41 Å². The monoisotopic (exact) mass is 380 g/mol. The van der Waals surface area contributed by atoms with Gasteiger partial charge in [0.15, 0.2) is 5.82 Å². The molecule has 3 heterocycles. The Balaban J connectivity index is 1.63. The maximum Gasteiger partial charge on any atom is 0.258 e. The van der Waals surface area contributed by atoms with Crippen molar-refractivity contribution in [2.45, 2.75) is 66.8 Å². The second-order valence-electron chi connectivity index (χ2n) is 8.61. The van der Waals surface area contributed by atoms with Gasteiger partial charge in [0.05, 0.1) is 36.5 Å². The number of aliphatic imine (C=N–C) groups is 1. The highest BCUT2D eigenvalue weighted by Crippen LogP contribution is 2.44. The molecule has 148 valence electrons. The highest BCUT2D eigenvalue weighted by molar-refractivity contribution is 5.97. The number of hydrogen-bond donors (Lipinski definition) is 0. The number of carbonyl (C=O) groups is 1. The van der Waals surface area contributed by atoms with Gasteiger partial charge in [0.2, 0.25) is 0 Å². The van der Waals surface area contributed by atoms with Crippen LogP contribution in [-0.4, -0.2) is 32.4 Å². The van der Waals surface area contributed by atoms with Gasteiger partial charge in [-0.2, -0.15) is 5.10 Å². The molecule has 2 aliphatic rings. The average Bonchev–Trinajstić information content (AvgIpc) is 3.19. The first-order chi connectivity index (χ1) is 13.2. The molecule has 2 aromatic rings. The van der Waals surface area contributed by atoms with Gasteiger partial charge in [0.25, 0.3) is 5.91 Å². The molecule has 0 saturated heterocycles. The van der Waals surface area contributed by atoms with E-state index in [1.165, 1.54) is 0 Å². The minimum absolute atomic E-state index is 0.0131. The van der Waals surface area contributed by atoms with Crippen LogP contribution in [0.25, 0.3) is 0 Å². The van der Waals surface area contributed by atoms with E-state index in [0.29, 0.717) is 24.4 Å². The van der Waals surface area contributed by atoms with Crippen LogP contribution < -0.4 is 4.74 Å². The van der Waals surface area contributed by atoms with Crippen molar-refractivity contribution >= 4 is 17.4 Å². The Morgan fingerprint density at radius 2 is 1.96 bits per heavy atom. The number of aromatic nitrogens is 2. The van der Waals surface area contributed by atoms with Gasteiger partial charge in [-0.15, -0.1) is 0 Å². The molecule has 6 heteroatoms. The van der Waals surface area contributed by atoms with E-state index in [0.717, 1.165) is 22.8 Å². The fraction of sp³-hybridized carbons (Fsp3) is 0.500. The summed E-state index contributed by atoms with van der Waals surface area (Å²) in [5, 5.41) is 4.82. The first-order valence-corrected chi connectivity index (χ1v) is 9.91. The highest BCUT2D eigenvalue weighted by Gasteiger charge is 2.40. The van der Waals surface area contributed by atoms with Crippen LogP contribution in [0.3, 0.4) is 0 Å². The fourth-order valence-corrected chi connectivity index (χ4v) is 3.84. The molecule has 6 nitrogen and oxygen atoms in total. The Hall–Kier alpha value is -2.63. The highest BCUT2D eigenvalue weighted by atomic mass is 16.5. The quantitative estimate of drug-likeness (QED) is 0.787. The Bertz CT molecular complexity index is 971.